The fourth-order valence-electron chi connectivity index (χ4n) is 1.53. The number of pyridine rings is 1. The number of nitrogens with zero attached hydrogens (tertiary/aromatic N) is 1. The van der Waals surface area contributed by atoms with E-state index >= 15 is 0 Å². The predicted octanol–water partition coefficient (Wildman–Crippen LogP) is 3.55. The minimum absolute atomic E-state index is 0.0255. The minimum Gasteiger partial charge on any atom is -0.292 e. The molecule has 1 aromatic heterocycles. The van der Waals surface area contributed by atoms with Crippen LogP contribution in [0.4, 0.5) is 8.78 Å². The van der Waals surface area contributed by atoms with E-state index in [1.807, 2.05) is 0 Å². The van der Waals surface area contributed by atoms with Crippen molar-refractivity contribution in [3.63, 3.8) is 0 Å². The zero-order chi connectivity index (χ0) is 13.1. The molecule has 2 aromatic rings. The minimum atomic E-state index is -0.988. The van der Waals surface area contributed by atoms with Gasteiger partial charge < -0.3 is 0 Å². The van der Waals surface area contributed by atoms with Crippen LogP contribution in [0.3, 0.4) is 0 Å². The summed E-state index contributed by atoms with van der Waals surface area (Å²) in [7, 11) is 0. The first-order chi connectivity index (χ1) is 8.59. The molecule has 0 N–H and O–H groups in total. The number of ketones is 1. The second-order valence-electron chi connectivity index (χ2n) is 3.65. The summed E-state index contributed by atoms with van der Waals surface area (Å²) in [5.74, 6) is -2.31. The summed E-state index contributed by atoms with van der Waals surface area (Å²) in [4.78, 5) is 15.8. The van der Waals surface area contributed by atoms with Crippen molar-refractivity contribution in [2.75, 3.05) is 0 Å². The Balaban J connectivity index is 2.27. The van der Waals surface area contributed by atoms with Gasteiger partial charge >= 0.3 is 0 Å². The van der Waals surface area contributed by atoms with Gasteiger partial charge in [-0.3, -0.25) is 9.78 Å². The lowest BCUT2D eigenvalue weighted by Crippen LogP contribution is -2.08. The van der Waals surface area contributed by atoms with Gasteiger partial charge in [0, 0.05) is 17.1 Å². The number of rotatable bonds is 3. The summed E-state index contributed by atoms with van der Waals surface area (Å²) in [6.07, 6.45) is 1.25. The fraction of sp³-hybridized carbons (Fsp3) is 0.0769. The third-order valence-electron chi connectivity index (χ3n) is 2.41. The zero-order valence-electron chi connectivity index (χ0n) is 9.16. The molecule has 0 bridgehead atoms. The number of carbonyl (C=O) groups excluding carboxylic acids is 1. The number of hydrogen-bond acceptors (Lipinski definition) is 2. The van der Waals surface area contributed by atoms with Crippen molar-refractivity contribution in [2.45, 2.75) is 6.42 Å². The van der Waals surface area contributed by atoms with Crippen molar-refractivity contribution in [2.24, 2.45) is 0 Å². The maximum absolute atomic E-state index is 13.4. The third-order valence-corrected chi connectivity index (χ3v) is 3.05. The van der Waals surface area contributed by atoms with Crippen molar-refractivity contribution in [3.05, 3.63) is 63.9 Å². The van der Waals surface area contributed by atoms with Gasteiger partial charge in [-0.15, -0.1) is 0 Å². The Labute approximate surface area is 111 Å². The van der Waals surface area contributed by atoms with Crippen LogP contribution in [0.1, 0.15) is 16.1 Å². The Bertz CT molecular complexity index is 601. The van der Waals surface area contributed by atoms with Crippen LogP contribution in [-0.4, -0.2) is 10.8 Å². The highest BCUT2D eigenvalue weighted by atomic mass is 79.9. The van der Waals surface area contributed by atoms with Gasteiger partial charge in [0.05, 0.1) is 0 Å². The van der Waals surface area contributed by atoms with Gasteiger partial charge in [-0.25, -0.2) is 8.78 Å². The molecule has 0 saturated heterocycles. The Morgan fingerprint density at radius 1 is 1.22 bits per heavy atom. The van der Waals surface area contributed by atoms with E-state index in [0.29, 0.717) is 4.47 Å². The van der Waals surface area contributed by atoms with Crippen molar-refractivity contribution in [1.29, 1.82) is 0 Å². The molecular formula is C13H8BrF2NO. The van der Waals surface area contributed by atoms with E-state index in [2.05, 4.69) is 20.9 Å². The highest BCUT2D eigenvalue weighted by Gasteiger charge is 2.15. The largest absolute Gasteiger partial charge is 0.292 e. The first kappa shape index (κ1) is 12.8. The molecule has 5 heteroatoms. The number of Topliss-reactive ketones (excluding diaryl/α,β-unsaturated/α-hetero) is 1. The Morgan fingerprint density at radius 3 is 2.72 bits per heavy atom. The normalized spacial score (nSPS) is 10.4. The second kappa shape index (κ2) is 5.35. The van der Waals surface area contributed by atoms with E-state index in [1.165, 1.54) is 18.3 Å². The Morgan fingerprint density at radius 2 is 2.00 bits per heavy atom. The van der Waals surface area contributed by atoms with Crippen LogP contribution in [0, 0.1) is 11.6 Å². The third kappa shape index (κ3) is 2.61. The van der Waals surface area contributed by atoms with Gasteiger partial charge in [-0.2, -0.15) is 0 Å². The molecule has 92 valence electrons. The number of hydrogen-bond donors (Lipinski definition) is 0. The van der Waals surface area contributed by atoms with Crippen molar-refractivity contribution in [3.8, 4) is 0 Å². The maximum Gasteiger partial charge on any atom is 0.186 e. The Hall–Kier alpha value is -1.62. The Kier molecular flexibility index (Phi) is 3.81. The van der Waals surface area contributed by atoms with Crippen molar-refractivity contribution in [1.82, 2.24) is 4.98 Å². The molecule has 0 aliphatic carbocycles. The van der Waals surface area contributed by atoms with Crippen LogP contribution >= 0.6 is 15.9 Å². The smallest absolute Gasteiger partial charge is 0.186 e. The van der Waals surface area contributed by atoms with Crippen molar-refractivity contribution >= 4 is 21.7 Å². The van der Waals surface area contributed by atoms with E-state index in [0.717, 1.165) is 6.07 Å². The van der Waals surface area contributed by atoms with Gasteiger partial charge in [-0.05, 0) is 39.7 Å². The molecule has 1 aromatic carbocycles. The summed E-state index contributed by atoms with van der Waals surface area (Å²) in [5.41, 5.74) is 0.235. The van der Waals surface area contributed by atoms with Gasteiger partial charge in [0.15, 0.2) is 17.4 Å². The summed E-state index contributed by atoms with van der Waals surface area (Å²) in [6, 6.07) is 7.10. The van der Waals surface area contributed by atoms with E-state index in [1.54, 1.807) is 12.1 Å². The lowest BCUT2D eigenvalue weighted by Gasteiger charge is -2.04. The van der Waals surface area contributed by atoms with Crippen LogP contribution in [0.25, 0.3) is 0 Å². The lowest BCUT2D eigenvalue weighted by atomic mass is 10.1. The first-order valence-electron chi connectivity index (χ1n) is 5.16. The molecular weight excluding hydrogens is 304 g/mol. The van der Waals surface area contributed by atoms with Crippen LogP contribution < -0.4 is 0 Å². The average Bonchev–Trinajstić information content (AvgIpc) is 2.35. The standard InChI is InChI=1S/C13H8BrF2NO/c14-9-4-2-6-17-13(9)11(18)7-8-3-1-5-10(15)12(8)16/h1-6H,7H2. The molecule has 0 amide bonds. The molecule has 0 aliphatic rings. The molecule has 0 fully saturated rings. The average molecular weight is 312 g/mol. The van der Waals surface area contributed by atoms with Crippen molar-refractivity contribution < 1.29 is 13.6 Å². The summed E-state index contributed by atoms with van der Waals surface area (Å²) in [5, 5.41) is 0. The first-order valence-corrected chi connectivity index (χ1v) is 5.95. The molecule has 0 atom stereocenters. The van der Waals surface area contributed by atoms with Crippen LogP contribution in [0.5, 0.6) is 0 Å². The van der Waals surface area contributed by atoms with E-state index in [-0.39, 0.29) is 23.5 Å². The SMILES string of the molecule is O=C(Cc1cccc(F)c1F)c1ncccc1Br. The van der Waals surface area contributed by atoms with Gasteiger partial charge in [0.1, 0.15) is 5.69 Å². The molecule has 0 saturated carbocycles. The fourth-order valence-corrected chi connectivity index (χ4v) is 2.01. The summed E-state index contributed by atoms with van der Waals surface area (Å²) in [6.45, 7) is 0. The highest BCUT2D eigenvalue weighted by molar-refractivity contribution is 9.10. The van der Waals surface area contributed by atoms with E-state index in [4.69, 9.17) is 0 Å². The molecule has 18 heavy (non-hydrogen) atoms. The molecule has 0 spiro atoms. The monoisotopic (exact) mass is 311 g/mol. The van der Waals surface area contributed by atoms with E-state index in [9.17, 15) is 13.6 Å². The number of carbonyl (C=O) groups is 1. The van der Waals surface area contributed by atoms with Gasteiger partial charge in [0.2, 0.25) is 0 Å². The number of benzene rings is 1. The lowest BCUT2D eigenvalue weighted by molar-refractivity contribution is 0.0986. The van der Waals surface area contributed by atoms with E-state index < -0.39 is 11.6 Å². The predicted molar refractivity (Wildman–Crippen MR) is 66.3 cm³/mol. The molecule has 1 heterocycles. The highest BCUT2D eigenvalue weighted by Crippen LogP contribution is 2.18. The summed E-state index contributed by atoms with van der Waals surface area (Å²) < 4.78 is 27.0. The molecule has 0 radical (unpaired) electrons. The van der Waals surface area contributed by atoms with Crippen LogP contribution in [0.2, 0.25) is 0 Å². The quantitative estimate of drug-likeness (QED) is 0.811. The molecule has 0 aliphatic heterocycles. The van der Waals surface area contributed by atoms with Crippen LogP contribution in [0.15, 0.2) is 41.0 Å². The second-order valence-corrected chi connectivity index (χ2v) is 4.50. The topological polar surface area (TPSA) is 30.0 Å². The van der Waals surface area contributed by atoms with Gasteiger partial charge in [-0.1, -0.05) is 12.1 Å². The number of aromatic nitrogens is 1. The number of halogens is 3. The zero-order valence-corrected chi connectivity index (χ0v) is 10.7. The molecule has 2 rings (SSSR count). The summed E-state index contributed by atoms with van der Waals surface area (Å²) >= 11 is 3.19. The van der Waals surface area contributed by atoms with Crippen LogP contribution in [-0.2, 0) is 6.42 Å². The van der Waals surface area contributed by atoms with Gasteiger partial charge in [0.25, 0.3) is 0 Å². The molecule has 2 nitrogen and oxygen atoms in total. The molecule has 0 unspecified atom stereocenters. The maximum atomic E-state index is 13.4.